The molecule has 12 atom stereocenters. The zero-order valence-corrected chi connectivity index (χ0v) is 51.2. The fourth-order valence-corrected chi connectivity index (χ4v) is 10.3. The van der Waals surface area contributed by atoms with E-state index < -0.39 is 86.8 Å². The summed E-state index contributed by atoms with van der Waals surface area (Å²) >= 11 is 0. The molecule has 2 aliphatic heterocycles. The molecule has 2 rings (SSSR count). The third-order valence-corrected chi connectivity index (χ3v) is 15.6. The predicted molar refractivity (Wildman–Crippen MR) is 332 cm³/mol. The van der Waals surface area contributed by atoms with Crippen molar-refractivity contribution in [2.45, 2.75) is 319 Å². The SMILES string of the molecule is CC/C=C\C/C=C\C/C=C\C/C=C\C/C=C\CCCCCCCCCCCCCCCCCCCC(=O)NC(COC1OC(CO)C(OC2OC(CO)C(O)C(O)C2O)C(O)C1O)C(O)/C=C/CC/C=C/CCCCCCCCCCC. The van der Waals surface area contributed by atoms with Crippen molar-refractivity contribution in [1.29, 1.82) is 0 Å². The van der Waals surface area contributed by atoms with E-state index in [4.69, 9.17) is 18.9 Å². The van der Waals surface area contributed by atoms with Crippen LogP contribution in [0.4, 0.5) is 0 Å². The van der Waals surface area contributed by atoms with Gasteiger partial charge in [-0.25, -0.2) is 0 Å². The minimum Gasteiger partial charge on any atom is -0.394 e. The van der Waals surface area contributed by atoms with Crippen LogP contribution in [0.2, 0.25) is 0 Å². The summed E-state index contributed by atoms with van der Waals surface area (Å²) in [6.45, 7) is 2.67. The van der Waals surface area contributed by atoms with Gasteiger partial charge in [0.1, 0.15) is 48.8 Å². The van der Waals surface area contributed by atoms with Gasteiger partial charge in [0.2, 0.25) is 5.91 Å². The van der Waals surface area contributed by atoms with Crippen molar-refractivity contribution in [3.05, 3.63) is 85.1 Å². The molecule has 0 aromatic carbocycles. The highest BCUT2D eigenvalue weighted by molar-refractivity contribution is 5.76. The minimum absolute atomic E-state index is 0.250. The summed E-state index contributed by atoms with van der Waals surface area (Å²) in [5, 5.41) is 87.2. The van der Waals surface area contributed by atoms with Gasteiger partial charge in [-0.1, -0.05) is 247 Å². The largest absolute Gasteiger partial charge is 0.394 e. The number of amides is 1. The van der Waals surface area contributed by atoms with Crippen LogP contribution < -0.4 is 5.32 Å². The van der Waals surface area contributed by atoms with E-state index in [2.05, 4.69) is 92.1 Å². The van der Waals surface area contributed by atoms with Crippen LogP contribution in [0.3, 0.4) is 0 Å². The maximum absolute atomic E-state index is 13.3. The molecule has 0 aliphatic carbocycles. The number of carbonyl (C=O) groups excluding carboxylic acids is 1. The van der Waals surface area contributed by atoms with E-state index in [9.17, 15) is 45.6 Å². The average Bonchev–Trinajstić information content (AvgIpc) is 3.60. The van der Waals surface area contributed by atoms with Gasteiger partial charge in [0.15, 0.2) is 12.6 Å². The number of allylic oxidation sites excluding steroid dienone is 13. The first kappa shape index (κ1) is 75.3. The lowest BCUT2D eigenvalue weighted by Gasteiger charge is -2.46. The van der Waals surface area contributed by atoms with Crippen molar-refractivity contribution in [2.24, 2.45) is 0 Å². The maximum Gasteiger partial charge on any atom is 0.220 e. The van der Waals surface area contributed by atoms with Crippen molar-refractivity contribution < 1.29 is 64.6 Å². The van der Waals surface area contributed by atoms with Gasteiger partial charge in [0.25, 0.3) is 0 Å². The minimum atomic E-state index is -1.79. The monoisotopic (exact) mass is 1160 g/mol. The smallest absolute Gasteiger partial charge is 0.220 e. The quantitative estimate of drug-likeness (QED) is 0.0204. The first-order valence-electron chi connectivity index (χ1n) is 32.8. The van der Waals surface area contributed by atoms with E-state index in [0.717, 1.165) is 64.2 Å². The van der Waals surface area contributed by atoms with Gasteiger partial charge in [-0.05, 0) is 77.0 Å². The number of hydrogen-bond donors (Lipinski definition) is 9. The molecule has 2 heterocycles. The van der Waals surface area contributed by atoms with E-state index in [0.29, 0.717) is 12.8 Å². The Hall–Kier alpha value is -2.83. The maximum atomic E-state index is 13.3. The normalized spacial score (nSPS) is 24.5. The lowest BCUT2D eigenvalue weighted by molar-refractivity contribution is -0.359. The number of nitrogens with one attached hydrogen (secondary N) is 1. The Morgan fingerprint density at radius 2 is 0.854 bits per heavy atom. The molecule has 0 saturated carbocycles. The molecule has 0 aromatic heterocycles. The summed E-state index contributed by atoms with van der Waals surface area (Å²) in [5.74, 6) is -0.250. The third-order valence-electron chi connectivity index (χ3n) is 15.6. The lowest BCUT2D eigenvalue weighted by Crippen LogP contribution is -2.65. The molecule has 1 amide bonds. The zero-order chi connectivity index (χ0) is 59.5. The Labute approximate surface area is 497 Å². The van der Waals surface area contributed by atoms with Gasteiger partial charge in [-0.2, -0.15) is 0 Å². The van der Waals surface area contributed by atoms with E-state index in [1.807, 2.05) is 6.08 Å². The van der Waals surface area contributed by atoms with Crippen molar-refractivity contribution in [2.75, 3.05) is 19.8 Å². The fraction of sp³-hybridized carbons (Fsp3) is 0.779. The number of ether oxygens (including phenoxy) is 4. The molecule has 2 fully saturated rings. The lowest BCUT2D eigenvalue weighted by atomic mass is 9.97. The first-order chi connectivity index (χ1) is 40.1. The molecule has 2 saturated heterocycles. The highest BCUT2D eigenvalue weighted by Gasteiger charge is 2.51. The van der Waals surface area contributed by atoms with Crippen molar-refractivity contribution in [3.8, 4) is 0 Å². The van der Waals surface area contributed by atoms with Gasteiger partial charge < -0.3 is 65.1 Å². The van der Waals surface area contributed by atoms with Gasteiger partial charge in [0, 0.05) is 6.42 Å². The number of aliphatic hydroxyl groups is 8. The summed E-state index contributed by atoms with van der Waals surface area (Å²) in [5.41, 5.74) is 0. The van der Waals surface area contributed by atoms with E-state index in [1.54, 1.807) is 6.08 Å². The average molecular weight is 1160 g/mol. The summed E-state index contributed by atoms with van der Waals surface area (Å²) in [7, 11) is 0. The van der Waals surface area contributed by atoms with Gasteiger partial charge in [-0.3, -0.25) is 4.79 Å². The summed E-state index contributed by atoms with van der Waals surface area (Å²) in [6.07, 6.45) is 55.0. The Bertz CT molecular complexity index is 1700. The molecule has 82 heavy (non-hydrogen) atoms. The van der Waals surface area contributed by atoms with Crippen molar-refractivity contribution >= 4 is 5.91 Å². The Balaban J connectivity index is 1.65. The van der Waals surface area contributed by atoms with Gasteiger partial charge in [-0.15, -0.1) is 0 Å². The fourth-order valence-electron chi connectivity index (χ4n) is 10.3. The number of aliphatic hydroxyl groups excluding tert-OH is 8. The van der Waals surface area contributed by atoms with Crippen LogP contribution in [-0.4, -0.2) is 140 Å². The van der Waals surface area contributed by atoms with E-state index >= 15 is 0 Å². The van der Waals surface area contributed by atoms with Crippen LogP contribution in [0.15, 0.2) is 85.1 Å². The van der Waals surface area contributed by atoms with Crippen LogP contribution in [-0.2, 0) is 23.7 Å². The van der Waals surface area contributed by atoms with Crippen LogP contribution >= 0.6 is 0 Å². The molecular weight excluding hydrogens is 1040 g/mol. The molecule has 0 spiro atoms. The Kier molecular flexibility index (Phi) is 48.2. The molecule has 0 bridgehead atoms. The second-order valence-corrected chi connectivity index (χ2v) is 22.9. The van der Waals surface area contributed by atoms with Crippen LogP contribution in [0.1, 0.15) is 245 Å². The van der Waals surface area contributed by atoms with Crippen LogP contribution in [0, 0.1) is 0 Å². The zero-order valence-electron chi connectivity index (χ0n) is 51.2. The van der Waals surface area contributed by atoms with Crippen LogP contribution in [0.5, 0.6) is 0 Å². The Morgan fingerprint density at radius 3 is 1.34 bits per heavy atom. The number of carbonyl (C=O) groups is 1. The number of rotatable bonds is 52. The molecule has 12 unspecified atom stereocenters. The third kappa shape index (κ3) is 36.9. The molecule has 0 aromatic rings. The van der Waals surface area contributed by atoms with Crippen molar-refractivity contribution in [1.82, 2.24) is 5.32 Å². The second-order valence-electron chi connectivity index (χ2n) is 22.9. The first-order valence-corrected chi connectivity index (χ1v) is 32.8. The Morgan fingerprint density at radius 1 is 0.451 bits per heavy atom. The second kappa shape index (κ2) is 52.5. The highest BCUT2D eigenvalue weighted by Crippen LogP contribution is 2.30. The molecule has 0 radical (unpaired) electrons. The van der Waals surface area contributed by atoms with E-state index in [-0.39, 0.29) is 18.9 Å². The topological polar surface area (TPSA) is 228 Å². The summed E-state index contributed by atoms with van der Waals surface area (Å²) in [6, 6.07) is -0.934. The molecule has 9 N–H and O–H groups in total. The molecule has 14 heteroatoms. The molecular formula is C68H119NO13. The van der Waals surface area contributed by atoms with Crippen LogP contribution in [0.25, 0.3) is 0 Å². The summed E-state index contributed by atoms with van der Waals surface area (Å²) in [4.78, 5) is 13.3. The molecule has 2 aliphatic rings. The molecule has 14 nitrogen and oxygen atoms in total. The predicted octanol–water partition coefficient (Wildman–Crippen LogP) is 12.4. The number of hydrogen-bond acceptors (Lipinski definition) is 13. The number of unbranched alkanes of at least 4 members (excludes halogenated alkanes) is 27. The van der Waals surface area contributed by atoms with Gasteiger partial charge in [0.05, 0.1) is 32.0 Å². The molecule has 474 valence electrons. The standard InChI is InChI=1S/C68H119NO13/c1-3-5-7-9-11-13-15-17-19-20-21-22-23-24-25-26-27-28-29-30-31-32-33-34-35-36-38-40-42-44-46-48-50-52-60(73)69-56(57(72)51-49-47-45-43-41-39-37-18-16-14-12-10-8-6-4-2)55-79-67-65(78)63(76)66(59(54-71)81-67)82-68-64(77)62(75)61(74)58(53-70)80-68/h5,7,11,13,17,19,21-22,24-25,41,43,49,51,56-59,61-68,70-72,74-78H,3-4,6,8-10,12,14-16,18,20,23,26-40,42,44-48,50,52-55H2,1-2H3,(H,69,73)/b7-5-,13-11-,19-17-,22-21-,25-24-,43-41+,51-49+. The van der Waals surface area contributed by atoms with E-state index in [1.165, 1.54) is 148 Å². The van der Waals surface area contributed by atoms with Gasteiger partial charge >= 0.3 is 0 Å². The summed E-state index contributed by atoms with van der Waals surface area (Å²) < 4.78 is 22.8. The van der Waals surface area contributed by atoms with Crippen molar-refractivity contribution in [3.63, 3.8) is 0 Å². The highest BCUT2D eigenvalue weighted by atomic mass is 16.7.